The Morgan fingerprint density at radius 3 is 2.26 bits per heavy atom. The fourth-order valence-corrected chi connectivity index (χ4v) is 2.99. The van der Waals surface area contributed by atoms with Crippen LogP contribution in [0.4, 0.5) is 0 Å². The van der Waals surface area contributed by atoms with Crippen LogP contribution in [0.5, 0.6) is 0 Å². The lowest BCUT2D eigenvalue weighted by molar-refractivity contribution is 0.283. The largest absolute Gasteiger partial charge is 0.309 e. The molecule has 19 heavy (non-hydrogen) atoms. The van der Waals surface area contributed by atoms with E-state index in [-0.39, 0.29) is 0 Å². The van der Waals surface area contributed by atoms with Crippen LogP contribution < -0.4 is 5.32 Å². The Morgan fingerprint density at radius 1 is 1.16 bits per heavy atom. The van der Waals surface area contributed by atoms with Crippen LogP contribution in [0.3, 0.4) is 0 Å². The van der Waals surface area contributed by atoms with Crippen molar-refractivity contribution in [2.75, 3.05) is 26.2 Å². The summed E-state index contributed by atoms with van der Waals surface area (Å²) in [5.74, 6) is 1.67. The van der Waals surface area contributed by atoms with Gasteiger partial charge in [-0.3, -0.25) is 0 Å². The monoisotopic (exact) mass is 260 g/mol. The van der Waals surface area contributed by atoms with Crippen molar-refractivity contribution in [1.82, 2.24) is 10.2 Å². The summed E-state index contributed by atoms with van der Waals surface area (Å²) >= 11 is 0. The number of rotatable bonds is 5. The molecule has 1 aliphatic rings. The minimum atomic E-state index is 0.461. The second-order valence-electron chi connectivity index (χ2n) is 6.19. The summed E-state index contributed by atoms with van der Waals surface area (Å²) in [6.07, 6.45) is 0. The topological polar surface area (TPSA) is 15.3 Å². The highest BCUT2D eigenvalue weighted by atomic mass is 15.2. The Bertz CT molecular complexity index is 375. The quantitative estimate of drug-likeness (QED) is 0.874. The van der Waals surface area contributed by atoms with Crippen LogP contribution >= 0.6 is 0 Å². The molecule has 1 aromatic carbocycles. The molecule has 3 atom stereocenters. The molecule has 3 unspecified atom stereocenters. The van der Waals surface area contributed by atoms with Gasteiger partial charge < -0.3 is 10.2 Å². The Balaban J connectivity index is 2.02. The summed E-state index contributed by atoms with van der Waals surface area (Å²) in [6, 6.07) is 9.43. The summed E-state index contributed by atoms with van der Waals surface area (Å²) < 4.78 is 0. The number of hydrogen-bond acceptors (Lipinski definition) is 2. The molecule has 2 rings (SSSR count). The molecule has 0 aromatic heterocycles. The standard InChI is InChI=1S/C17H28N2/c1-5-18-17(16-8-6-13(2)7-9-16)12-19-10-14(3)15(4)11-19/h6-9,14-15,17-18H,5,10-12H2,1-4H3. The van der Waals surface area contributed by atoms with Gasteiger partial charge in [-0.1, -0.05) is 50.6 Å². The van der Waals surface area contributed by atoms with E-state index in [1.807, 2.05) is 0 Å². The van der Waals surface area contributed by atoms with E-state index < -0.39 is 0 Å². The van der Waals surface area contributed by atoms with Crippen LogP contribution in [-0.2, 0) is 0 Å². The van der Waals surface area contributed by atoms with Crippen molar-refractivity contribution in [1.29, 1.82) is 0 Å². The van der Waals surface area contributed by atoms with E-state index in [1.165, 1.54) is 24.2 Å². The van der Waals surface area contributed by atoms with Gasteiger partial charge in [0.15, 0.2) is 0 Å². The second-order valence-corrected chi connectivity index (χ2v) is 6.19. The lowest BCUT2D eigenvalue weighted by Gasteiger charge is -2.25. The van der Waals surface area contributed by atoms with E-state index in [1.54, 1.807) is 0 Å². The van der Waals surface area contributed by atoms with Crippen LogP contribution in [0.1, 0.15) is 37.9 Å². The first kappa shape index (κ1) is 14.5. The summed E-state index contributed by atoms with van der Waals surface area (Å²) in [4.78, 5) is 2.61. The SMILES string of the molecule is CCNC(CN1CC(C)C(C)C1)c1ccc(C)cc1. The normalized spacial score (nSPS) is 25.7. The fourth-order valence-electron chi connectivity index (χ4n) is 2.99. The molecule has 2 nitrogen and oxygen atoms in total. The Hall–Kier alpha value is -0.860. The maximum absolute atomic E-state index is 3.63. The number of aryl methyl sites for hydroxylation is 1. The number of nitrogens with zero attached hydrogens (tertiary/aromatic N) is 1. The number of likely N-dealkylation sites (tertiary alicyclic amines) is 1. The van der Waals surface area contributed by atoms with Crippen LogP contribution in [0.25, 0.3) is 0 Å². The number of hydrogen-bond donors (Lipinski definition) is 1. The highest BCUT2D eigenvalue weighted by Crippen LogP contribution is 2.24. The van der Waals surface area contributed by atoms with Crippen molar-refractivity contribution in [3.8, 4) is 0 Å². The lowest BCUT2D eigenvalue weighted by atomic mass is 10.0. The first-order valence-electron chi connectivity index (χ1n) is 7.62. The molecule has 1 heterocycles. The predicted molar refractivity (Wildman–Crippen MR) is 82.4 cm³/mol. The smallest absolute Gasteiger partial charge is 0.0449 e. The third-order valence-electron chi connectivity index (χ3n) is 4.43. The lowest BCUT2D eigenvalue weighted by Crippen LogP contribution is -2.34. The van der Waals surface area contributed by atoms with Crippen molar-refractivity contribution in [2.45, 2.75) is 33.7 Å². The van der Waals surface area contributed by atoms with Gasteiger partial charge in [0.2, 0.25) is 0 Å². The maximum atomic E-state index is 3.63. The van der Waals surface area contributed by atoms with Crippen molar-refractivity contribution in [3.63, 3.8) is 0 Å². The molecule has 1 aromatic rings. The van der Waals surface area contributed by atoms with Crippen molar-refractivity contribution < 1.29 is 0 Å². The van der Waals surface area contributed by atoms with Gasteiger partial charge in [-0.15, -0.1) is 0 Å². The Labute approximate surface area is 118 Å². The molecule has 0 aliphatic carbocycles. The fraction of sp³-hybridized carbons (Fsp3) is 0.647. The zero-order chi connectivity index (χ0) is 13.8. The molecule has 1 fully saturated rings. The van der Waals surface area contributed by atoms with Gasteiger partial charge in [-0.25, -0.2) is 0 Å². The molecule has 2 heteroatoms. The third-order valence-corrected chi connectivity index (χ3v) is 4.43. The first-order valence-corrected chi connectivity index (χ1v) is 7.62. The molecule has 1 aliphatic heterocycles. The highest BCUT2D eigenvalue weighted by molar-refractivity contribution is 5.24. The minimum absolute atomic E-state index is 0.461. The summed E-state index contributed by atoms with van der Waals surface area (Å²) in [5.41, 5.74) is 2.75. The summed E-state index contributed by atoms with van der Waals surface area (Å²) in [7, 11) is 0. The van der Waals surface area contributed by atoms with Gasteiger partial charge in [-0.2, -0.15) is 0 Å². The van der Waals surface area contributed by atoms with E-state index in [9.17, 15) is 0 Å². The Morgan fingerprint density at radius 2 is 1.74 bits per heavy atom. The zero-order valence-corrected chi connectivity index (χ0v) is 12.8. The predicted octanol–water partition coefficient (Wildman–Crippen LogP) is 3.23. The molecule has 0 saturated carbocycles. The van der Waals surface area contributed by atoms with E-state index in [0.717, 1.165) is 24.9 Å². The van der Waals surface area contributed by atoms with Crippen molar-refractivity contribution >= 4 is 0 Å². The summed E-state index contributed by atoms with van der Waals surface area (Å²) in [6.45, 7) is 13.7. The Kier molecular flexibility index (Phi) is 5.00. The molecule has 0 amide bonds. The van der Waals surface area contributed by atoms with Gasteiger partial charge in [0.05, 0.1) is 0 Å². The molecule has 106 valence electrons. The van der Waals surface area contributed by atoms with E-state index >= 15 is 0 Å². The van der Waals surface area contributed by atoms with Crippen molar-refractivity contribution in [2.24, 2.45) is 11.8 Å². The van der Waals surface area contributed by atoms with Crippen LogP contribution in [0.2, 0.25) is 0 Å². The van der Waals surface area contributed by atoms with Gasteiger partial charge in [0.1, 0.15) is 0 Å². The molecular formula is C17H28N2. The van der Waals surface area contributed by atoms with Gasteiger partial charge in [0.25, 0.3) is 0 Å². The number of likely N-dealkylation sites (N-methyl/N-ethyl adjacent to an activating group) is 1. The van der Waals surface area contributed by atoms with Crippen molar-refractivity contribution in [3.05, 3.63) is 35.4 Å². The van der Waals surface area contributed by atoms with E-state index in [4.69, 9.17) is 0 Å². The number of benzene rings is 1. The second kappa shape index (κ2) is 6.53. The van der Waals surface area contributed by atoms with Gasteiger partial charge in [0, 0.05) is 25.7 Å². The molecular weight excluding hydrogens is 232 g/mol. The van der Waals surface area contributed by atoms with E-state index in [2.05, 4.69) is 62.2 Å². The average Bonchev–Trinajstić information content (AvgIpc) is 2.69. The zero-order valence-electron chi connectivity index (χ0n) is 12.8. The third kappa shape index (κ3) is 3.80. The van der Waals surface area contributed by atoms with Crippen LogP contribution in [0, 0.1) is 18.8 Å². The average molecular weight is 260 g/mol. The first-order chi connectivity index (χ1) is 9.10. The molecule has 0 radical (unpaired) electrons. The highest BCUT2D eigenvalue weighted by Gasteiger charge is 2.27. The number of nitrogens with one attached hydrogen (secondary N) is 1. The minimum Gasteiger partial charge on any atom is -0.309 e. The molecule has 0 bridgehead atoms. The summed E-state index contributed by atoms with van der Waals surface area (Å²) in [5, 5.41) is 3.63. The molecule has 1 N–H and O–H groups in total. The van der Waals surface area contributed by atoms with Crippen LogP contribution in [0.15, 0.2) is 24.3 Å². The van der Waals surface area contributed by atoms with Gasteiger partial charge >= 0.3 is 0 Å². The maximum Gasteiger partial charge on any atom is 0.0449 e. The van der Waals surface area contributed by atoms with Gasteiger partial charge in [-0.05, 0) is 30.9 Å². The van der Waals surface area contributed by atoms with Crippen LogP contribution in [-0.4, -0.2) is 31.1 Å². The molecule has 1 saturated heterocycles. The molecule has 0 spiro atoms. The van der Waals surface area contributed by atoms with E-state index in [0.29, 0.717) is 6.04 Å².